The molecule has 0 spiro atoms. The molecule has 0 saturated carbocycles. The first-order valence-corrected chi connectivity index (χ1v) is 8.05. The molecule has 2 rings (SSSR count). The third-order valence-electron chi connectivity index (χ3n) is 3.70. The molecule has 1 aromatic heterocycles. The van der Waals surface area contributed by atoms with Crippen LogP contribution in [0.4, 0.5) is 0 Å². The number of hydrogen-bond acceptors (Lipinski definition) is 4. The van der Waals surface area contributed by atoms with E-state index in [1.165, 1.54) is 11.0 Å². The van der Waals surface area contributed by atoms with Crippen molar-refractivity contribution in [1.29, 1.82) is 0 Å². The number of amides is 2. The van der Waals surface area contributed by atoms with Crippen molar-refractivity contribution >= 4 is 11.8 Å². The Morgan fingerprint density at radius 3 is 2.32 bits per heavy atom. The normalized spacial score (nSPS) is 11.2. The van der Waals surface area contributed by atoms with E-state index in [2.05, 4.69) is 36.6 Å². The number of nitrogens with zero attached hydrogens (tertiary/aromatic N) is 3. The fourth-order valence-electron chi connectivity index (χ4n) is 2.19. The smallest absolute Gasteiger partial charge is 0.343 e. The van der Waals surface area contributed by atoms with Crippen molar-refractivity contribution < 1.29 is 9.59 Å². The Morgan fingerprint density at radius 1 is 1.16 bits per heavy atom. The van der Waals surface area contributed by atoms with E-state index in [0.29, 0.717) is 12.1 Å². The first-order valence-electron chi connectivity index (χ1n) is 8.05. The highest BCUT2D eigenvalue weighted by Crippen LogP contribution is 2.22. The summed E-state index contributed by atoms with van der Waals surface area (Å²) in [4.78, 5) is 35.7. The van der Waals surface area contributed by atoms with Gasteiger partial charge in [-0.2, -0.15) is 9.77 Å². The van der Waals surface area contributed by atoms with Gasteiger partial charge >= 0.3 is 5.69 Å². The van der Waals surface area contributed by atoms with Crippen molar-refractivity contribution in [3.63, 3.8) is 0 Å². The molecule has 0 bridgehead atoms. The molecule has 25 heavy (non-hydrogen) atoms. The SMILES string of the molecule is CCn1ncn(NC(=O)CNC(=O)c2ccc(C(C)(C)C)cc2)c1=O. The predicted molar refractivity (Wildman–Crippen MR) is 94.0 cm³/mol. The number of aromatic nitrogens is 3. The van der Waals surface area contributed by atoms with Crippen LogP contribution in [0, 0.1) is 0 Å². The molecule has 1 heterocycles. The number of hydrogen-bond donors (Lipinski definition) is 2. The van der Waals surface area contributed by atoms with Gasteiger partial charge in [-0.05, 0) is 30.0 Å². The van der Waals surface area contributed by atoms with Crippen LogP contribution >= 0.6 is 0 Å². The molecule has 0 radical (unpaired) electrons. The lowest BCUT2D eigenvalue weighted by Gasteiger charge is -2.19. The van der Waals surface area contributed by atoms with Crippen LogP contribution in [0.25, 0.3) is 0 Å². The zero-order valence-corrected chi connectivity index (χ0v) is 14.9. The Balaban J connectivity index is 1.92. The van der Waals surface area contributed by atoms with Crippen LogP contribution in [-0.4, -0.2) is 32.8 Å². The quantitative estimate of drug-likeness (QED) is 0.840. The molecule has 8 heteroatoms. The van der Waals surface area contributed by atoms with Crippen LogP contribution in [-0.2, 0) is 16.8 Å². The third-order valence-corrected chi connectivity index (χ3v) is 3.70. The summed E-state index contributed by atoms with van der Waals surface area (Å²) < 4.78 is 2.19. The Morgan fingerprint density at radius 2 is 1.80 bits per heavy atom. The number of nitrogens with one attached hydrogen (secondary N) is 2. The van der Waals surface area contributed by atoms with E-state index in [1.54, 1.807) is 19.1 Å². The number of carbonyl (C=O) groups is 2. The summed E-state index contributed by atoms with van der Waals surface area (Å²) in [5.74, 6) is -0.871. The van der Waals surface area contributed by atoms with Crippen LogP contribution in [0.15, 0.2) is 35.4 Å². The molecule has 0 saturated heterocycles. The second kappa shape index (κ2) is 7.33. The predicted octanol–water partition coefficient (Wildman–Crippen LogP) is 0.862. The maximum Gasteiger partial charge on any atom is 0.364 e. The molecule has 0 atom stereocenters. The van der Waals surface area contributed by atoms with Gasteiger partial charge in [-0.25, -0.2) is 9.48 Å². The standard InChI is InChI=1S/C17H23N5O3/c1-5-21-16(25)22(11-19-21)20-14(23)10-18-15(24)12-6-8-13(9-7-12)17(2,3)4/h6-9,11H,5,10H2,1-4H3,(H,18,24)(H,20,23). The van der Waals surface area contributed by atoms with E-state index < -0.39 is 11.6 Å². The van der Waals surface area contributed by atoms with Gasteiger partial charge in [0.1, 0.15) is 6.33 Å². The highest BCUT2D eigenvalue weighted by Gasteiger charge is 2.15. The van der Waals surface area contributed by atoms with Crippen LogP contribution in [0.1, 0.15) is 43.6 Å². The van der Waals surface area contributed by atoms with Gasteiger partial charge in [0.25, 0.3) is 11.8 Å². The van der Waals surface area contributed by atoms with Gasteiger partial charge in [-0.3, -0.25) is 15.0 Å². The van der Waals surface area contributed by atoms with Gasteiger partial charge in [0.15, 0.2) is 0 Å². The van der Waals surface area contributed by atoms with Crippen molar-refractivity contribution in [2.45, 2.75) is 39.7 Å². The summed E-state index contributed by atoms with van der Waals surface area (Å²) in [6, 6.07) is 7.24. The average Bonchev–Trinajstić information content (AvgIpc) is 2.92. The van der Waals surface area contributed by atoms with Gasteiger partial charge in [-0.1, -0.05) is 32.9 Å². The molecule has 0 aliphatic carbocycles. The molecule has 0 aliphatic heterocycles. The number of carbonyl (C=O) groups excluding carboxylic acids is 2. The van der Waals surface area contributed by atoms with Gasteiger partial charge in [0.2, 0.25) is 0 Å². The van der Waals surface area contributed by atoms with Crippen molar-refractivity contribution in [1.82, 2.24) is 19.8 Å². The highest BCUT2D eigenvalue weighted by atomic mass is 16.2. The molecule has 0 fully saturated rings. The maximum absolute atomic E-state index is 12.1. The molecule has 134 valence electrons. The Kier molecular flexibility index (Phi) is 5.41. The Labute approximate surface area is 145 Å². The third kappa shape index (κ3) is 4.56. The summed E-state index contributed by atoms with van der Waals surface area (Å²) in [7, 11) is 0. The lowest BCUT2D eigenvalue weighted by atomic mass is 9.87. The minimum Gasteiger partial charge on any atom is -0.343 e. The largest absolute Gasteiger partial charge is 0.364 e. The zero-order valence-electron chi connectivity index (χ0n) is 14.9. The van der Waals surface area contributed by atoms with E-state index in [4.69, 9.17) is 0 Å². The van der Waals surface area contributed by atoms with Gasteiger partial charge in [0.05, 0.1) is 6.54 Å². The Hall–Kier alpha value is -2.90. The summed E-state index contributed by atoms with van der Waals surface area (Å²) in [5.41, 5.74) is 3.52. The molecule has 1 aromatic carbocycles. The number of rotatable bonds is 5. The molecule has 8 nitrogen and oxygen atoms in total. The number of aryl methyl sites for hydroxylation is 1. The summed E-state index contributed by atoms with van der Waals surface area (Å²) in [6.45, 7) is 8.21. The summed E-state index contributed by atoms with van der Waals surface area (Å²) >= 11 is 0. The average molecular weight is 345 g/mol. The molecule has 2 aromatic rings. The lowest BCUT2D eigenvalue weighted by Crippen LogP contribution is -2.39. The maximum atomic E-state index is 12.1. The van der Waals surface area contributed by atoms with Crippen LogP contribution in [0.3, 0.4) is 0 Å². The lowest BCUT2D eigenvalue weighted by molar-refractivity contribution is -0.116. The zero-order chi connectivity index (χ0) is 18.6. The van der Waals surface area contributed by atoms with Crippen LogP contribution in [0.2, 0.25) is 0 Å². The highest BCUT2D eigenvalue weighted by molar-refractivity contribution is 5.97. The van der Waals surface area contributed by atoms with E-state index in [9.17, 15) is 14.4 Å². The summed E-state index contributed by atoms with van der Waals surface area (Å²) in [5, 5.41) is 6.35. The van der Waals surface area contributed by atoms with E-state index in [0.717, 1.165) is 10.2 Å². The van der Waals surface area contributed by atoms with Crippen LogP contribution in [0.5, 0.6) is 0 Å². The molecule has 0 unspecified atom stereocenters. The molecular formula is C17H23N5O3. The molecule has 2 amide bonds. The monoisotopic (exact) mass is 345 g/mol. The van der Waals surface area contributed by atoms with E-state index in [-0.39, 0.29) is 17.9 Å². The second-order valence-corrected chi connectivity index (χ2v) is 6.64. The topological polar surface area (TPSA) is 98.0 Å². The van der Waals surface area contributed by atoms with Gasteiger partial charge in [-0.15, -0.1) is 0 Å². The molecule has 0 aliphatic rings. The van der Waals surface area contributed by atoms with Crippen molar-refractivity contribution in [3.05, 3.63) is 52.2 Å². The fourth-order valence-corrected chi connectivity index (χ4v) is 2.19. The summed E-state index contributed by atoms with van der Waals surface area (Å²) in [6.07, 6.45) is 1.22. The molecular weight excluding hydrogens is 322 g/mol. The molecule has 2 N–H and O–H groups in total. The van der Waals surface area contributed by atoms with Gasteiger partial charge < -0.3 is 5.32 Å². The minimum absolute atomic E-state index is 0.00504. The Bertz CT molecular complexity index is 812. The van der Waals surface area contributed by atoms with Crippen LogP contribution < -0.4 is 16.4 Å². The number of benzene rings is 1. The van der Waals surface area contributed by atoms with E-state index in [1.807, 2.05) is 12.1 Å². The van der Waals surface area contributed by atoms with Crippen molar-refractivity contribution in [2.24, 2.45) is 0 Å². The van der Waals surface area contributed by atoms with E-state index >= 15 is 0 Å². The second-order valence-electron chi connectivity index (χ2n) is 6.64. The first-order chi connectivity index (χ1) is 11.7. The fraction of sp³-hybridized carbons (Fsp3) is 0.412. The van der Waals surface area contributed by atoms with Crippen molar-refractivity contribution in [3.8, 4) is 0 Å². The first kappa shape index (κ1) is 18.4. The van der Waals surface area contributed by atoms with Gasteiger partial charge in [0, 0.05) is 12.1 Å². The van der Waals surface area contributed by atoms with Crippen molar-refractivity contribution in [2.75, 3.05) is 12.0 Å². The minimum atomic E-state index is -0.516.